The lowest BCUT2D eigenvalue weighted by atomic mass is 10.2. The highest BCUT2D eigenvalue weighted by molar-refractivity contribution is 7.90. The van der Waals surface area contributed by atoms with Gasteiger partial charge in [0.1, 0.15) is 0 Å². The molecule has 0 unspecified atom stereocenters. The van der Waals surface area contributed by atoms with Crippen molar-refractivity contribution in [3.05, 3.63) is 66.0 Å². The van der Waals surface area contributed by atoms with Gasteiger partial charge in [0.2, 0.25) is 0 Å². The zero-order chi connectivity index (χ0) is 18.0. The highest BCUT2D eigenvalue weighted by Gasteiger charge is 2.23. The number of methoxy groups -OCH3 is 1. The van der Waals surface area contributed by atoms with Crippen LogP contribution in [0.25, 0.3) is 17.0 Å². The second kappa shape index (κ2) is 6.52. The molecule has 0 atom stereocenters. The second-order valence-electron chi connectivity index (χ2n) is 5.43. The molecular weight excluding hydrogens is 340 g/mol. The Kier molecular flexibility index (Phi) is 4.41. The van der Waals surface area contributed by atoms with Crippen LogP contribution in [0.1, 0.15) is 11.3 Å². The molecule has 0 fully saturated rings. The van der Waals surface area contributed by atoms with Crippen LogP contribution >= 0.6 is 0 Å². The molecule has 0 N–H and O–H groups in total. The molecule has 0 aliphatic heterocycles. The molecule has 2 heterocycles. The van der Waals surface area contributed by atoms with Crippen molar-refractivity contribution in [2.45, 2.75) is 11.9 Å². The summed E-state index contributed by atoms with van der Waals surface area (Å²) in [5, 5.41) is 0.677. The van der Waals surface area contributed by atoms with Crippen molar-refractivity contribution < 1.29 is 17.9 Å². The predicted molar refractivity (Wildman–Crippen MR) is 94.5 cm³/mol. The molecule has 0 aliphatic rings. The summed E-state index contributed by atoms with van der Waals surface area (Å²) in [4.78, 5) is 15.4. The van der Waals surface area contributed by atoms with Crippen molar-refractivity contribution in [1.29, 1.82) is 0 Å². The van der Waals surface area contributed by atoms with E-state index in [4.69, 9.17) is 0 Å². The number of aryl methyl sites for hydroxylation is 1. The summed E-state index contributed by atoms with van der Waals surface area (Å²) in [6.07, 6.45) is 4.03. The molecule has 2 aromatic heterocycles. The molecule has 6 nitrogen and oxygen atoms in total. The van der Waals surface area contributed by atoms with E-state index in [0.717, 1.165) is 10.9 Å². The number of carbonyl (C=O) groups excluding carboxylic acids is 1. The van der Waals surface area contributed by atoms with Gasteiger partial charge in [0.25, 0.3) is 10.0 Å². The monoisotopic (exact) mass is 356 g/mol. The minimum Gasteiger partial charge on any atom is -0.466 e. The van der Waals surface area contributed by atoms with Gasteiger partial charge in [-0.2, -0.15) is 8.42 Å². The number of pyridine rings is 1. The van der Waals surface area contributed by atoms with Gasteiger partial charge in [-0.25, -0.2) is 13.8 Å². The van der Waals surface area contributed by atoms with Crippen molar-refractivity contribution in [2.75, 3.05) is 7.11 Å². The molecule has 0 bridgehead atoms. The smallest absolute Gasteiger partial charge is 0.330 e. The van der Waals surface area contributed by atoms with E-state index in [0.29, 0.717) is 11.2 Å². The first-order valence-electron chi connectivity index (χ1n) is 7.48. The predicted octanol–water partition coefficient (Wildman–Crippen LogP) is 2.77. The van der Waals surface area contributed by atoms with Gasteiger partial charge in [-0.15, -0.1) is 0 Å². The van der Waals surface area contributed by atoms with Gasteiger partial charge in [-0.1, -0.05) is 18.2 Å². The lowest BCUT2D eigenvalue weighted by Gasteiger charge is -2.09. The van der Waals surface area contributed by atoms with Crippen LogP contribution in [0.2, 0.25) is 0 Å². The van der Waals surface area contributed by atoms with Crippen molar-refractivity contribution in [2.24, 2.45) is 0 Å². The molecular formula is C18H16N2O4S. The Morgan fingerprint density at radius 1 is 1.20 bits per heavy atom. The Bertz CT molecular complexity index is 1070. The van der Waals surface area contributed by atoms with E-state index in [1.54, 1.807) is 24.3 Å². The summed E-state index contributed by atoms with van der Waals surface area (Å²) < 4.78 is 32.0. The number of nitrogens with zero attached hydrogens (tertiary/aromatic N) is 2. The standard InChI is InChI=1S/C18H16N2O4S/c1-13-6-7-14-12-15(8-9-18(21)24-2)20(16(14)11-13)25(22,23)17-5-3-4-10-19-17/h3-12H,1-2H3. The van der Waals surface area contributed by atoms with E-state index < -0.39 is 16.0 Å². The molecule has 0 amide bonds. The lowest BCUT2D eigenvalue weighted by Crippen LogP contribution is -2.15. The first kappa shape index (κ1) is 16.9. The van der Waals surface area contributed by atoms with Gasteiger partial charge in [0.15, 0.2) is 5.03 Å². The first-order valence-corrected chi connectivity index (χ1v) is 8.92. The van der Waals surface area contributed by atoms with E-state index in [9.17, 15) is 13.2 Å². The maximum Gasteiger partial charge on any atom is 0.330 e. The molecule has 0 saturated heterocycles. The highest BCUT2D eigenvalue weighted by atomic mass is 32.2. The van der Waals surface area contributed by atoms with Crippen LogP contribution in [-0.4, -0.2) is 30.5 Å². The molecule has 7 heteroatoms. The Morgan fingerprint density at radius 2 is 2.00 bits per heavy atom. The number of hydrogen-bond acceptors (Lipinski definition) is 5. The number of fused-ring (bicyclic) bond motifs is 1. The van der Waals surface area contributed by atoms with Crippen molar-refractivity contribution >= 4 is 33.0 Å². The molecule has 0 spiro atoms. The highest BCUT2D eigenvalue weighted by Crippen LogP contribution is 2.26. The maximum absolute atomic E-state index is 13.1. The molecule has 0 saturated carbocycles. The van der Waals surface area contributed by atoms with E-state index in [1.807, 2.05) is 19.1 Å². The van der Waals surface area contributed by atoms with Gasteiger partial charge in [0, 0.05) is 17.7 Å². The summed E-state index contributed by atoms with van der Waals surface area (Å²) in [6, 6.07) is 11.9. The molecule has 1 aromatic carbocycles. The van der Waals surface area contributed by atoms with Crippen molar-refractivity contribution in [1.82, 2.24) is 8.96 Å². The normalized spacial score (nSPS) is 11.9. The third-order valence-corrected chi connectivity index (χ3v) is 5.33. The Balaban J connectivity index is 2.29. The van der Waals surface area contributed by atoms with Crippen LogP contribution in [0, 0.1) is 6.92 Å². The van der Waals surface area contributed by atoms with Crippen LogP contribution in [0.4, 0.5) is 0 Å². The summed E-state index contributed by atoms with van der Waals surface area (Å²) in [5.41, 5.74) is 1.79. The van der Waals surface area contributed by atoms with Crippen LogP contribution in [-0.2, 0) is 19.6 Å². The molecule has 25 heavy (non-hydrogen) atoms. The van der Waals surface area contributed by atoms with Gasteiger partial charge in [-0.05, 0) is 42.8 Å². The van der Waals surface area contributed by atoms with E-state index in [1.165, 1.54) is 35.5 Å². The zero-order valence-corrected chi connectivity index (χ0v) is 14.5. The average Bonchev–Trinajstić information content (AvgIpc) is 2.98. The van der Waals surface area contributed by atoms with E-state index in [2.05, 4.69) is 9.72 Å². The lowest BCUT2D eigenvalue weighted by molar-refractivity contribution is -0.134. The van der Waals surface area contributed by atoms with E-state index >= 15 is 0 Å². The summed E-state index contributed by atoms with van der Waals surface area (Å²) in [6.45, 7) is 1.88. The molecule has 0 aliphatic carbocycles. The molecule has 128 valence electrons. The number of ether oxygens (including phenoxy) is 1. The topological polar surface area (TPSA) is 78.3 Å². The second-order valence-corrected chi connectivity index (χ2v) is 7.16. The molecule has 0 radical (unpaired) electrons. The van der Waals surface area contributed by atoms with Crippen LogP contribution in [0.5, 0.6) is 0 Å². The number of hydrogen-bond donors (Lipinski definition) is 0. The van der Waals surface area contributed by atoms with Crippen LogP contribution in [0.3, 0.4) is 0 Å². The first-order chi connectivity index (χ1) is 11.9. The van der Waals surface area contributed by atoms with Gasteiger partial charge in [0.05, 0.1) is 18.3 Å². The number of benzene rings is 1. The van der Waals surface area contributed by atoms with Crippen molar-refractivity contribution in [3.8, 4) is 0 Å². The summed E-state index contributed by atoms with van der Waals surface area (Å²) in [7, 11) is -2.66. The van der Waals surface area contributed by atoms with Crippen molar-refractivity contribution in [3.63, 3.8) is 0 Å². The number of rotatable bonds is 4. The van der Waals surface area contributed by atoms with Crippen LogP contribution < -0.4 is 0 Å². The minimum absolute atomic E-state index is 0.0678. The quantitative estimate of drug-likeness (QED) is 0.530. The Labute approximate surface area is 145 Å². The fourth-order valence-corrected chi connectivity index (χ4v) is 3.95. The average molecular weight is 356 g/mol. The fraction of sp³-hybridized carbons (Fsp3) is 0.111. The summed E-state index contributed by atoms with van der Waals surface area (Å²) >= 11 is 0. The molecule has 3 aromatic rings. The third-order valence-electron chi connectivity index (χ3n) is 3.68. The molecule has 3 rings (SSSR count). The fourth-order valence-electron chi connectivity index (χ4n) is 2.51. The van der Waals surface area contributed by atoms with Gasteiger partial charge < -0.3 is 4.74 Å². The maximum atomic E-state index is 13.1. The van der Waals surface area contributed by atoms with E-state index in [-0.39, 0.29) is 5.03 Å². The largest absolute Gasteiger partial charge is 0.466 e. The zero-order valence-electron chi connectivity index (χ0n) is 13.7. The number of esters is 1. The Hall–Kier alpha value is -2.93. The summed E-state index contributed by atoms with van der Waals surface area (Å²) in [5.74, 6) is -0.566. The number of carbonyl (C=O) groups is 1. The number of aromatic nitrogens is 2. The van der Waals surface area contributed by atoms with Crippen LogP contribution in [0.15, 0.2) is 59.8 Å². The third kappa shape index (κ3) is 3.18. The van der Waals surface area contributed by atoms with Gasteiger partial charge in [-0.3, -0.25) is 0 Å². The Morgan fingerprint density at radius 3 is 2.68 bits per heavy atom. The minimum atomic E-state index is -3.92. The SMILES string of the molecule is COC(=O)C=Cc1cc2ccc(C)cc2n1S(=O)(=O)c1ccccn1. The van der Waals surface area contributed by atoms with Gasteiger partial charge >= 0.3 is 5.97 Å².